The van der Waals surface area contributed by atoms with Crippen LogP contribution in [0.5, 0.6) is 0 Å². The summed E-state index contributed by atoms with van der Waals surface area (Å²) >= 11 is 0. The van der Waals surface area contributed by atoms with Crippen LogP contribution in [0.4, 0.5) is 18.0 Å². The van der Waals surface area contributed by atoms with Crippen molar-refractivity contribution in [2.75, 3.05) is 26.2 Å². The van der Waals surface area contributed by atoms with E-state index in [1.165, 1.54) is 55.9 Å². The molecular weight excluding hydrogens is 647 g/mol. The Kier molecular flexibility index (Phi) is 15.1. The van der Waals surface area contributed by atoms with Crippen molar-refractivity contribution in [1.29, 1.82) is 0 Å². The Labute approximate surface area is 305 Å². The number of likely N-dealkylation sites (tertiary alicyclic amines) is 1. The second-order valence-corrected chi connectivity index (χ2v) is 16.9. The molecule has 1 amide bonds. The molecule has 51 heavy (non-hydrogen) atoms. The molecule has 1 fully saturated rings. The molecule has 8 heteroatoms. The molecule has 2 heterocycles. The topological polar surface area (TPSA) is 46.5 Å². The van der Waals surface area contributed by atoms with E-state index in [0.29, 0.717) is 30.7 Å². The minimum Gasteiger partial charge on any atom is -0.449 e. The van der Waals surface area contributed by atoms with Gasteiger partial charge in [-0.3, -0.25) is 0 Å². The monoisotopic (exact) mass is 709 g/mol. The van der Waals surface area contributed by atoms with E-state index in [9.17, 15) is 13.6 Å². The fourth-order valence-electron chi connectivity index (χ4n) is 7.10. The fraction of sp³-hybridized carbons (Fsp3) is 0.605. The highest BCUT2D eigenvalue weighted by Gasteiger charge is 2.38. The van der Waals surface area contributed by atoms with Crippen molar-refractivity contribution in [2.24, 2.45) is 16.7 Å². The largest absolute Gasteiger partial charge is 0.449 e. The molecule has 5 nitrogen and oxygen atoms in total. The number of unbranched alkanes of at least 4 members (excludes halogenated alkanes) is 8. The number of benzene rings is 2. The first kappa shape index (κ1) is 40.5. The Morgan fingerprint density at radius 1 is 0.863 bits per heavy atom. The van der Waals surface area contributed by atoms with Gasteiger partial charge in [0, 0.05) is 48.6 Å². The van der Waals surface area contributed by atoms with E-state index in [-0.39, 0.29) is 30.1 Å². The molecule has 0 bridgehead atoms. The summed E-state index contributed by atoms with van der Waals surface area (Å²) in [4.78, 5) is 14.3. The van der Waals surface area contributed by atoms with Gasteiger partial charge >= 0.3 is 6.09 Å². The number of carbonyl (C=O) groups excluding carboxylic acids is 1. The van der Waals surface area contributed by atoms with Gasteiger partial charge in [-0.25, -0.2) is 18.0 Å². The van der Waals surface area contributed by atoms with E-state index >= 15 is 4.39 Å². The number of nitrogens with one attached hydrogen (secondary N) is 1. The molecule has 0 saturated carbocycles. The van der Waals surface area contributed by atoms with Crippen molar-refractivity contribution in [2.45, 2.75) is 125 Å². The van der Waals surface area contributed by atoms with E-state index in [1.807, 2.05) is 42.6 Å². The summed E-state index contributed by atoms with van der Waals surface area (Å²) in [5, 5.41) is 3.61. The van der Waals surface area contributed by atoms with Crippen LogP contribution < -0.4 is 5.32 Å². The van der Waals surface area contributed by atoms with E-state index in [2.05, 4.69) is 51.4 Å². The molecule has 3 aromatic rings. The number of aromatic nitrogens is 1. The Bertz CT molecular complexity index is 1490. The number of alkyl halides is 1. The standard InChI is InChI=1S/C43H62F3N3O2/c1-42(2,3)23-17-12-10-8-7-9-11-13-18-24-51-41(50)49-30-34(38(46)31-49)27-47-40(43(4,5)6)39-25-33(36-26-35(44)21-22-37(36)45)29-48(39)28-32-19-15-14-16-20-32/h14-16,19-22,25-26,29,34,38,40,47H,7-13,17-18,23-24,27-28,30-31H2,1-6H3/t34-,38+,40+/m1/s1. The number of amides is 1. The summed E-state index contributed by atoms with van der Waals surface area (Å²) < 4.78 is 52.1. The summed E-state index contributed by atoms with van der Waals surface area (Å²) in [5.41, 5.74) is 2.86. The molecule has 1 aromatic heterocycles. The number of rotatable bonds is 18. The summed E-state index contributed by atoms with van der Waals surface area (Å²) in [5.74, 6) is -1.39. The lowest BCUT2D eigenvalue weighted by Crippen LogP contribution is -2.39. The van der Waals surface area contributed by atoms with E-state index < -0.39 is 29.8 Å². The average Bonchev–Trinajstić information content (AvgIpc) is 3.65. The smallest absolute Gasteiger partial charge is 0.409 e. The molecule has 2 aromatic carbocycles. The number of hydrogen-bond acceptors (Lipinski definition) is 3. The van der Waals surface area contributed by atoms with Gasteiger partial charge in [0.25, 0.3) is 0 Å². The van der Waals surface area contributed by atoms with Crippen molar-refractivity contribution in [3.05, 3.63) is 83.7 Å². The Hall–Kier alpha value is -3.26. The highest BCUT2D eigenvalue weighted by molar-refractivity contribution is 5.68. The quantitative estimate of drug-likeness (QED) is 0.134. The molecule has 1 aliphatic heterocycles. The van der Waals surface area contributed by atoms with Crippen LogP contribution in [0, 0.1) is 28.4 Å². The van der Waals surface area contributed by atoms with Crippen LogP contribution in [0.15, 0.2) is 60.8 Å². The van der Waals surface area contributed by atoms with E-state index in [1.54, 1.807) is 0 Å². The van der Waals surface area contributed by atoms with Gasteiger partial charge in [-0.15, -0.1) is 0 Å². The van der Waals surface area contributed by atoms with Crippen LogP contribution in [-0.4, -0.2) is 48.0 Å². The fourth-order valence-corrected chi connectivity index (χ4v) is 7.10. The van der Waals surface area contributed by atoms with Crippen molar-refractivity contribution in [3.8, 4) is 11.1 Å². The maximum absolute atomic E-state index is 15.4. The number of halogens is 3. The predicted octanol–water partition coefficient (Wildman–Crippen LogP) is 11.5. The van der Waals surface area contributed by atoms with Gasteiger partial charge in [0.05, 0.1) is 19.2 Å². The molecule has 0 spiro atoms. The zero-order valence-corrected chi connectivity index (χ0v) is 32.0. The Balaban J connectivity index is 1.28. The van der Waals surface area contributed by atoms with E-state index in [4.69, 9.17) is 4.74 Å². The van der Waals surface area contributed by atoms with Crippen molar-refractivity contribution in [1.82, 2.24) is 14.8 Å². The summed E-state index contributed by atoms with van der Waals surface area (Å²) in [6.07, 6.45) is 12.3. The minimum atomic E-state index is -1.17. The van der Waals surface area contributed by atoms with Crippen LogP contribution >= 0.6 is 0 Å². The average molecular weight is 710 g/mol. The molecular formula is C43H62F3N3O2. The van der Waals surface area contributed by atoms with Crippen LogP contribution in [0.25, 0.3) is 11.1 Å². The van der Waals surface area contributed by atoms with Gasteiger partial charge in [-0.1, -0.05) is 123 Å². The number of ether oxygens (including phenoxy) is 1. The SMILES string of the molecule is CC(C)(C)CCCCCCCCCCCOC(=O)N1C[C@@H](CN[C@@H](c2cc(-c3cc(F)ccc3F)cn2Cc2ccccc2)C(C)(C)C)[C@@H](F)C1. The molecule has 3 atom stereocenters. The van der Waals surface area contributed by atoms with Gasteiger partial charge in [-0.2, -0.15) is 0 Å². The highest BCUT2D eigenvalue weighted by Crippen LogP contribution is 2.37. The molecule has 1 aliphatic rings. The second-order valence-electron chi connectivity index (χ2n) is 16.9. The Morgan fingerprint density at radius 2 is 1.51 bits per heavy atom. The van der Waals surface area contributed by atoms with Crippen molar-refractivity contribution in [3.63, 3.8) is 0 Å². The van der Waals surface area contributed by atoms with Crippen molar-refractivity contribution >= 4 is 6.09 Å². The van der Waals surface area contributed by atoms with Gasteiger partial charge in [0.1, 0.15) is 17.8 Å². The molecule has 282 valence electrons. The zero-order valence-electron chi connectivity index (χ0n) is 32.0. The van der Waals surface area contributed by atoms with Crippen LogP contribution in [-0.2, 0) is 11.3 Å². The summed E-state index contributed by atoms with van der Waals surface area (Å²) in [6, 6.07) is 15.1. The zero-order chi connectivity index (χ0) is 37.0. The first-order valence-corrected chi connectivity index (χ1v) is 19.2. The predicted molar refractivity (Wildman–Crippen MR) is 202 cm³/mol. The first-order valence-electron chi connectivity index (χ1n) is 19.2. The molecule has 0 unspecified atom stereocenters. The molecule has 0 radical (unpaired) electrons. The molecule has 4 rings (SSSR count). The molecule has 1 N–H and O–H groups in total. The maximum Gasteiger partial charge on any atom is 0.409 e. The lowest BCUT2D eigenvalue weighted by molar-refractivity contribution is 0.106. The third kappa shape index (κ3) is 13.0. The second kappa shape index (κ2) is 19.0. The van der Waals surface area contributed by atoms with Gasteiger partial charge in [0.15, 0.2) is 0 Å². The first-order chi connectivity index (χ1) is 24.2. The van der Waals surface area contributed by atoms with Crippen molar-refractivity contribution < 1.29 is 22.7 Å². The van der Waals surface area contributed by atoms with Gasteiger partial charge in [0.2, 0.25) is 0 Å². The summed E-state index contributed by atoms with van der Waals surface area (Å²) in [7, 11) is 0. The third-order valence-electron chi connectivity index (χ3n) is 10.0. The highest BCUT2D eigenvalue weighted by atomic mass is 19.1. The number of carbonyl (C=O) groups is 1. The normalized spacial score (nSPS) is 17.2. The van der Waals surface area contributed by atoms with Gasteiger partial charge < -0.3 is 19.5 Å². The van der Waals surface area contributed by atoms with Gasteiger partial charge in [-0.05, 0) is 53.5 Å². The summed E-state index contributed by atoms with van der Waals surface area (Å²) in [6.45, 7) is 14.8. The van der Waals surface area contributed by atoms with Crippen LogP contribution in [0.1, 0.15) is 123 Å². The third-order valence-corrected chi connectivity index (χ3v) is 10.0. The lowest BCUT2D eigenvalue weighted by atomic mass is 9.84. The maximum atomic E-state index is 15.4. The number of nitrogens with zero attached hydrogens (tertiary/aromatic N) is 2. The van der Waals surface area contributed by atoms with Crippen LogP contribution in [0.2, 0.25) is 0 Å². The minimum absolute atomic E-state index is 0.0223. The number of hydrogen-bond donors (Lipinski definition) is 1. The molecule has 1 saturated heterocycles. The van der Waals surface area contributed by atoms with E-state index in [0.717, 1.165) is 42.7 Å². The molecule has 0 aliphatic carbocycles. The lowest BCUT2D eigenvalue weighted by Gasteiger charge is -2.34. The Morgan fingerprint density at radius 3 is 2.16 bits per heavy atom. The van der Waals surface area contributed by atoms with Crippen LogP contribution in [0.3, 0.4) is 0 Å².